The molecule has 0 bridgehead atoms. The van der Waals surface area contributed by atoms with Gasteiger partial charge in [-0.25, -0.2) is 5.48 Å². The molecule has 0 aromatic heterocycles. The summed E-state index contributed by atoms with van der Waals surface area (Å²) in [5.74, 6) is 0.119. The second-order valence-corrected chi connectivity index (χ2v) is 7.49. The van der Waals surface area contributed by atoms with Gasteiger partial charge >= 0.3 is 5.97 Å². The van der Waals surface area contributed by atoms with Crippen molar-refractivity contribution in [1.82, 2.24) is 10.8 Å². The van der Waals surface area contributed by atoms with E-state index in [2.05, 4.69) is 24.6 Å². The molecule has 0 atom stereocenters. The summed E-state index contributed by atoms with van der Waals surface area (Å²) in [5.41, 5.74) is 2.85. The van der Waals surface area contributed by atoms with Crippen LogP contribution in [0.15, 0.2) is 0 Å². The quantitative estimate of drug-likeness (QED) is 0.144. The third-order valence-corrected chi connectivity index (χ3v) is 4.78. The van der Waals surface area contributed by atoms with Crippen LogP contribution < -0.4 is 10.8 Å². The first-order valence-corrected chi connectivity index (χ1v) is 11.6. The maximum absolute atomic E-state index is 12.0. The lowest BCUT2D eigenvalue weighted by molar-refractivity contribution is -0.149. The Bertz CT molecular complexity index is 324. The Balaban J connectivity index is 3.26. The van der Waals surface area contributed by atoms with Crippen molar-refractivity contribution in [3.8, 4) is 0 Å². The zero-order chi connectivity index (χ0) is 20.7. The fraction of sp³-hybridized carbons (Fsp3) is 0.955. The molecular weight excluding hydrogens is 356 g/mol. The van der Waals surface area contributed by atoms with E-state index in [4.69, 9.17) is 14.7 Å². The predicted molar refractivity (Wildman–Crippen MR) is 115 cm³/mol. The van der Waals surface area contributed by atoms with Crippen LogP contribution >= 0.6 is 0 Å². The molecule has 168 valence electrons. The summed E-state index contributed by atoms with van der Waals surface area (Å²) in [5, 5.41) is 12.1. The monoisotopic (exact) mass is 402 g/mol. The van der Waals surface area contributed by atoms with Gasteiger partial charge in [0.25, 0.3) is 0 Å². The fourth-order valence-corrected chi connectivity index (χ4v) is 3.19. The minimum atomic E-state index is 0.0128. The first kappa shape index (κ1) is 27.3. The number of hydroxylamine groups is 1. The summed E-state index contributed by atoms with van der Waals surface area (Å²) < 4.78 is 5.45. The number of hydrogen-bond acceptors (Lipinski definition) is 6. The van der Waals surface area contributed by atoms with Crippen molar-refractivity contribution in [1.29, 1.82) is 0 Å². The highest BCUT2D eigenvalue weighted by molar-refractivity contribution is 5.72. The van der Waals surface area contributed by atoms with Crippen LogP contribution in [-0.4, -0.2) is 50.5 Å². The first-order chi connectivity index (χ1) is 13.8. The van der Waals surface area contributed by atoms with Gasteiger partial charge in [0.2, 0.25) is 0 Å². The van der Waals surface area contributed by atoms with E-state index in [0.29, 0.717) is 13.2 Å². The molecule has 0 unspecified atom stereocenters. The van der Waals surface area contributed by atoms with Gasteiger partial charge in [-0.1, -0.05) is 52.4 Å². The average molecular weight is 403 g/mol. The predicted octanol–water partition coefficient (Wildman–Crippen LogP) is 3.97. The van der Waals surface area contributed by atoms with Gasteiger partial charge in [0, 0.05) is 6.54 Å². The van der Waals surface area contributed by atoms with E-state index >= 15 is 0 Å². The molecule has 0 spiro atoms. The number of carbonyl (C=O) groups excluding carboxylic acids is 1. The standard InChI is InChI=1S/C22H46N2O4/c1-3-13-21(14-4-2)22(26)27-19-12-8-7-10-16-23-15-9-5-6-11-17-24-28-20-18-25/h21,23-25H,3-20H2,1-2H3. The molecule has 0 aliphatic heterocycles. The van der Waals surface area contributed by atoms with Gasteiger partial charge < -0.3 is 15.2 Å². The zero-order valence-electron chi connectivity index (χ0n) is 18.5. The number of rotatable bonds is 22. The van der Waals surface area contributed by atoms with Gasteiger partial charge in [-0.05, 0) is 51.6 Å². The third-order valence-electron chi connectivity index (χ3n) is 4.78. The molecule has 0 heterocycles. The molecule has 0 saturated carbocycles. The highest BCUT2D eigenvalue weighted by Crippen LogP contribution is 2.15. The Labute approximate surface area is 173 Å². The van der Waals surface area contributed by atoms with E-state index in [1.54, 1.807) is 0 Å². The Morgan fingerprint density at radius 1 is 0.821 bits per heavy atom. The van der Waals surface area contributed by atoms with E-state index in [-0.39, 0.29) is 18.5 Å². The Hall–Kier alpha value is -0.690. The topological polar surface area (TPSA) is 79.8 Å². The van der Waals surface area contributed by atoms with E-state index < -0.39 is 0 Å². The molecule has 6 heteroatoms. The summed E-state index contributed by atoms with van der Waals surface area (Å²) >= 11 is 0. The van der Waals surface area contributed by atoms with Crippen molar-refractivity contribution >= 4 is 5.97 Å². The van der Waals surface area contributed by atoms with E-state index in [0.717, 1.165) is 64.6 Å². The highest BCUT2D eigenvalue weighted by atomic mass is 16.6. The second-order valence-electron chi connectivity index (χ2n) is 7.49. The number of aliphatic hydroxyl groups is 1. The number of carbonyl (C=O) groups is 1. The van der Waals surface area contributed by atoms with Crippen molar-refractivity contribution in [3.05, 3.63) is 0 Å². The fourth-order valence-electron chi connectivity index (χ4n) is 3.19. The van der Waals surface area contributed by atoms with Crippen LogP contribution in [0.3, 0.4) is 0 Å². The molecular formula is C22H46N2O4. The Morgan fingerprint density at radius 3 is 1.96 bits per heavy atom. The van der Waals surface area contributed by atoms with Crippen LogP contribution in [0, 0.1) is 5.92 Å². The molecule has 0 saturated heterocycles. The smallest absolute Gasteiger partial charge is 0.308 e. The number of aliphatic hydroxyl groups excluding tert-OH is 1. The number of nitrogens with one attached hydrogen (secondary N) is 2. The molecule has 28 heavy (non-hydrogen) atoms. The number of hydrogen-bond donors (Lipinski definition) is 3. The van der Waals surface area contributed by atoms with E-state index in [1.165, 1.54) is 32.1 Å². The maximum Gasteiger partial charge on any atom is 0.308 e. The van der Waals surface area contributed by atoms with Crippen molar-refractivity contribution in [2.24, 2.45) is 5.92 Å². The van der Waals surface area contributed by atoms with E-state index in [1.807, 2.05) is 0 Å². The number of ether oxygens (including phenoxy) is 1. The second kappa shape index (κ2) is 22.6. The van der Waals surface area contributed by atoms with Gasteiger partial charge in [-0.3, -0.25) is 9.63 Å². The number of esters is 1. The lowest BCUT2D eigenvalue weighted by Gasteiger charge is -2.14. The normalized spacial score (nSPS) is 11.3. The molecule has 0 aliphatic carbocycles. The van der Waals surface area contributed by atoms with Crippen LogP contribution in [0.25, 0.3) is 0 Å². The highest BCUT2D eigenvalue weighted by Gasteiger charge is 2.17. The van der Waals surface area contributed by atoms with Crippen molar-refractivity contribution in [2.75, 3.05) is 39.5 Å². The SMILES string of the molecule is CCCC(CCC)C(=O)OCCCCCCNCCCCCCNOCCO. The minimum absolute atomic E-state index is 0.0128. The Kier molecular flexibility index (Phi) is 22.0. The summed E-state index contributed by atoms with van der Waals surface area (Å²) in [6.07, 6.45) is 13.2. The van der Waals surface area contributed by atoms with Gasteiger partial charge in [0.15, 0.2) is 0 Å². The number of unbranched alkanes of at least 4 members (excludes halogenated alkanes) is 6. The lowest BCUT2D eigenvalue weighted by Crippen LogP contribution is -2.19. The lowest BCUT2D eigenvalue weighted by atomic mass is 9.99. The Morgan fingerprint density at radius 2 is 1.39 bits per heavy atom. The van der Waals surface area contributed by atoms with Crippen LogP contribution in [0.2, 0.25) is 0 Å². The van der Waals surface area contributed by atoms with Crippen LogP contribution in [0.4, 0.5) is 0 Å². The molecule has 0 fully saturated rings. The summed E-state index contributed by atoms with van der Waals surface area (Å²) in [6, 6.07) is 0. The zero-order valence-corrected chi connectivity index (χ0v) is 18.5. The molecule has 0 aromatic carbocycles. The molecule has 0 radical (unpaired) electrons. The van der Waals surface area contributed by atoms with Gasteiger partial charge in [0.1, 0.15) is 0 Å². The van der Waals surface area contributed by atoms with Crippen molar-refractivity contribution < 1.29 is 19.5 Å². The molecule has 3 N–H and O–H groups in total. The van der Waals surface area contributed by atoms with E-state index in [9.17, 15) is 4.79 Å². The molecule has 0 amide bonds. The molecule has 6 nitrogen and oxygen atoms in total. The largest absolute Gasteiger partial charge is 0.465 e. The van der Waals surface area contributed by atoms with Crippen molar-refractivity contribution in [2.45, 2.75) is 90.9 Å². The van der Waals surface area contributed by atoms with Crippen molar-refractivity contribution in [3.63, 3.8) is 0 Å². The molecule has 0 aliphatic rings. The van der Waals surface area contributed by atoms with Gasteiger partial charge in [-0.2, -0.15) is 0 Å². The first-order valence-electron chi connectivity index (χ1n) is 11.6. The van der Waals surface area contributed by atoms with Gasteiger partial charge in [-0.15, -0.1) is 0 Å². The summed E-state index contributed by atoms with van der Waals surface area (Å²) in [4.78, 5) is 17.0. The average Bonchev–Trinajstić information content (AvgIpc) is 2.70. The summed E-state index contributed by atoms with van der Waals surface area (Å²) in [6.45, 7) is 8.25. The van der Waals surface area contributed by atoms with Gasteiger partial charge in [0.05, 0.1) is 25.7 Å². The van der Waals surface area contributed by atoms with Crippen LogP contribution in [0.1, 0.15) is 90.9 Å². The van der Waals surface area contributed by atoms with Crippen LogP contribution in [-0.2, 0) is 14.4 Å². The van der Waals surface area contributed by atoms with Crippen LogP contribution in [0.5, 0.6) is 0 Å². The summed E-state index contributed by atoms with van der Waals surface area (Å²) in [7, 11) is 0. The minimum Gasteiger partial charge on any atom is -0.465 e. The molecule has 0 aromatic rings. The maximum atomic E-state index is 12.0. The molecule has 0 rings (SSSR count). The third kappa shape index (κ3) is 18.7.